The van der Waals surface area contributed by atoms with Gasteiger partial charge >= 0.3 is 0 Å². The number of nitrogens with one attached hydrogen (secondary N) is 2. The number of hydrogen-bond donors (Lipinski definition) is 3. The summed E-state index contributed by atoms with van der Waals surface area (Å²) in [5.74, 6) is 0.523. The Kier molecular flexibility index (Phi) is 11.7. The Bertz CT molecular complexity index is 1520. The average Bonchev–Trinajstić information content (AvgIpc) is 3.55. The molecular weight excluding hydrogens is 592 g/mol. The standard InChI is InChI=1S/C33H38N6O5S/c1-23(41)34-19-7-3-6-10-31(42)35-27-17-15-26(16-18-27)32-43-29(20-30(44-32)25-13-11-24(21-40)12-14-25)22-45-33-36-37-38-39(33)28-8-4-2-5-9-28/h2,4-5,8-9,11-18,29-30,32,40H,3,6-7,10,19-22H2,1H3,(H,34,41)(H,35,42)/t29-,30+,32+/m1/s1. The molecule has 2 heterocycles. The maximum Gasteiger partial charge on any atom is 0.224 e. The second-order valence-electron chi connectivity index (χ2n) is 10.8. The number of hydrogen-bond acceptors (Lipinski definition) is 9. The first-order valence-electron chi connectivity index (χ1n) is 15.1. The summed E-state index contributed by atoms with van der Waals surface area (Å²) in [5, 5.41) is 28.2. The Hall–Kier alpha value is -4.10. The molecule has 0 unspecified atom stereocenters. The highest BCUT2D eigenvalue weighted by Gasteiger charge is 2.32. The number of nitrogens with zero attached hydrogens (tertiary/aromatic N) is 4. The van der Waals surface area contributed by atoms with E-state index in [-0.39, 0.29) is 30.6 Å². The van der Waals surface area contributed by atoms with E-state index in [2.05, 4.69) is 26.2 Å². The van der Waals surface area contributed by atoms with Gasteiger partial charge in [-0.1, -0.05) is 72.8 Å². The van der Waals surface area contributed by atoms with E-state index in [1.165, 1.54) is 18.7 Å². The number of benzene rings is 3. The number of aliphatic hydroxyl groups is 1. The molecule has 45 heavy (non-hydrogen) atoms. The van der Waals surface area contributed by atoms with Crippen molar-refractivity contribution in [1.82, 2.24) is 25.5 Å². The maximum absolute atomic E-state index is 12.4. The highest BCUT2D eigenvalue weighted by molar-refractivity contribution is 7.99. The van der Waals surface area contributed by atoms with Gasteiger partial charge in [0.2, 0.25) is 17.0 Å². The van der Waals surface area contributed by atoms with Crippen molar-refractivity contribution in [2.75, 3.05) is 17.6 Å². The molecule has 2 amide bonds. The number of amides is 2. The topological polar surface area (TPSA) is 140 Å². The van der Waals surface area contributed by atoms with Crippen molar-refractivity contribution in [2.24, 2.45) is 0 Å². The van der Waals surface area contributed by atoms with Crippen LogP contribution in [0.15, 0.2) is 84.0 Å². The molecule has 5 rings (SSSR count). The molecule has 1 saturated heterocycles. The fourth-order valence-corrected chi connectivity index (χ4v) is 5.90. The number of anilines is 1. The maximum atomic E-state index is 12.4. The lowest BCUT2D eigenvalue weighted by atomic mass is 10.0. The van der Waals surface area contributed by atoms with Crippen molar-refractivity contribution in [3.8, 4) is 5.69 Å². The lowest BCUT2D eigenvalue weighted by molar-refractivity contribution is -0.245. The van der Waals surface area contributed by atoms with Gasteiger partial charge in [-0.25, -0.2) is 0 Å². The Morgan fingerprint density at radius 1 is 0.956 bits per heavy atom. The van der Waals surface area contributed by atoms with Gasteiger partial charge in [0.25, 0.3) is 0 Å². The Labute approximate surface area is 266 Å². The van der Waals surface area contributed by atoms with Crippen molar-refractivity contribution >= 4 is 29.3 Å². The molecule has 1 aliphatic heterocycles. The van der Waals surface area contributed by atoms with E-state index in [0.717, 1.165) is 41.6 Å². The molecule has 1 aliphatic rings. The van der Waals surface area contributed by atoms with Gasteiger partial charge in [0.15, 0.2) is 6.29 Å². The summed E-state index contributed by atoms with van der Waals surface area (Å²) in [6.07, 6.45) is 2.51. The van der Waals surface area contributed by atoms with Gasteiger partial charge in [0, 0.05) is 43.3 Å². The molecule has 0 radical (unpaired) electrons. The van der Waals surface area contributed by atoms with Crippen LogP contribution in [-0.4, -0.2) is 55.5 Å². The second kappa shape index (κ2) is 16.3. The van der Waals surface area contributed by atoms with Crippen LogP contribution in [0, 0.1) is 0 Å². The van der Waals surface area contributed by atoms with Crippen LogP contribution in [-0.2, 0) is 25.7 Å². The lowest BCUT2D eigenvalue weighted by Gasteiger charge is -2.36. The number of ether oxygens (including phenoxy) is 2. The van der Waals surface area contributed by atoms with Crippen LogP contribution in [0.5, 0.6) is 0 Å². The first-order chi connectivity index (χ1) is 22.0. The van der Waals surface area contributed by atoms with Crippen molar-refractivity contribution in [1.29, 1.82) is 0 Å². The first kappa shape index (κ1) is 32.3. The minimum atomic E-state index is -0.620. The number of aliphatic hydroxyl groups excluding tert-OH is 1. The molecule has 3 N–H and O–H groups in total. The predicted octanol–water partition coefficient (Wildman–Crippen LogP) is 5.13. The molecule has 0 bridgehead atoms. The van der Waals surface area contributed by atoms with E-state index >= 15 is 0 Å². The summed E-state index contributed by atoms with van der Waals surface area (Å²) in [6.45, 7) is 2.11. The summed E-state index contributed by atoms with van der Waals surface area (Å²) in [4.78, 5) is 23.4. The number of thioether (sulfide) groups is 1. The molecule has 11 nitrogen and oxygen atoms in total. The number of carbonyl (C=O) groups excluding carboxylic acids is 2. The molecule has 4 aromatic rings. The summed E-state index contributed by atoms with van der Waals surface area (Å²) in [5.41, 5.74) is 4.27. The molecule has 0 aliphatic carbocycles. The Balaban J connectivity index is 1.22. The van der Waals surface area contributed by atoms with Gasteiger partial charge in [-0.3, -0.25) is 9.59 Å². The molecule has 0 spiro atoms. The van der Waals surface area contributed by atoms with Crippen molar-refractivity contribution < 1.29 is 24.2 Å². The molecule has 12 heteroatoms. The largest absolute Gasteiger partial charge is 0.392 e. The van der Waals surface area contributed by atoms with Gasteiger partial charge in [-0.05, 0) is 58.7 Å². The van der Waals surface area contributed by atoms with Crippen LogP contribution < -0.4 is 10.6 Å². The van der Waals surface area contributed by atoms with Crippen LogP contribution in [0.4, 0.5) is 5.69 Å². The number of para-hydroxylation sites is 1. The van der Waals surface area contributed by atoms with E-state index in [0.29, 0.717) is 36.0 Å². The smallest absolute Gasteiger partial charge is 0.224 e. The van der Waals surface area contributed by atoms with Gasteiger partial charge in [-0.2, -0.15) is 4.68 Å². The summed E-state index contributed by atoms with van der Waals surface area (Å²) < 4.78 is 14.6. The molecular formula is C33H38N6O5S. The zero-order chi connectivity index (χ0) is 31.4. The number of aromatic nitrogens is 4. The van der Waals surface area contributed by atoms with Crippen molar-refractivity contribution in [2.45, 2.75) is 69.3 Å². The number of rotatable bonds is 14. The molecule has 3 atom stereocenters. The minimum Gasteiger partial charge on any atom is -0.392 e. The van der Waals surface area contributed by atoms with E-state index in [1.54, 1.807) is 4.68 Å². The third kappa shape index (κ3) is 9.44. The van der Waals surface area contributed by atoms with E-state index in [4.69, 9.17) is 9.47 Å². The van der Waals surface area contributed by atoms with E-state index in [1.807, 2.05) is 78.9 Å². The lowest BCUT2D eigenvalue weighted by Crippen LogP contribution is -2.31. The number of unbranched alkanes of at least 4 members (excludes halogenated alkanes) is 2. The molecule has 0 saturated carbocycles. The van der Waals surface area contributed by atoms with Crippen LogP contribution in [0.25, 0.3) is 5.69 Å². The summed E-state index contributed by atoms with van der Waals surface area (Å²) >= 11 is 1.52. The first-order valence-corrected chi connectivity index (χ1v) is 16.1. The van der Waals surface area contributed by atoms with E-state index < -0.39 is 6.29 Å². The van der Waals surface area contributed by atoms with Gasteiger partial charge in [-0.15, -0.1) is 5.10 Å². The normalized spacial score (nSPS) is 18.0. The minimum absolute atomic E-state index is 0.0194. The molecule has 1 aromatic heterocycles. The second-order valence-corrected chi connectivity index (χ2v) is 11.8. The van der Waals surface area contributed by atoms with Gasteiger partial charge in [0.05, 0.1) is 24.5 Å². The number of carbonyl (C=O) groups is 2. The predicted molar refractivity (Wildman–Crippen MR) is 171 cm³/mol. The van der Waals surface area contributed by atoms with E-state index in [9.17, 15) is 14.7 Å². The van der Waals surface area contributed by atoms with Crippen LogP contribution >= 0.6 is 11.8 Å². The van der Waals surface area contributed by atoms with Crippen LogP contribution in [0.3, 0.4) is 0 Å². The van der Waals surface area contributed by atoms with Gasteiger partial charge in [0.1, 0.15) is 0 Å². The Morgan fingerprint density at radius 2 is 1.71 bits per heavy atom. The fraction of sp³-hybridized carbons (Fsp3) is 0.364. The third-order valence-electron chi connectivity index (χ3n) is 7.38. The number of tetrazole rings is 1. The SMILES string of the molecule is CC(=O)NCCCCCC(=O)Nc1ccc([C@H]2O[C@@H](CSc3nnnn3-c3ccccc3)C[C@@H](c3ccc(CO)cc3)O2)cc1. The van der Waals surface area contributed by atoms with Crippen molar-refractivity contribution in [3.63, 3.8) is 0 Å². The monoisotopic (exact) mass is 630 g/mol. The highest BCUT2D eigenvalue weighted by Crippen LogP contribution is 2.39. The zero-order valence-electron chi connectivity index (χ0n) is 25.2. The quantitative estimate of drug-likeness (QED) is 0.128. The van der Waals surface area contributed by atoms with Gasteiger partial charge < -0.3 is 25.2 Å². The molecule has 1 fully saturated rings. The highest BCUT2D eigenvalue weighted by atomic mass is 32.2. The van der Waals surface area contributed by atoms with Crippen LogP contribution in [0.2, 0.25) is 0 Å². The summed E-state index contributed by atoms with van der Waals surface area (Å²) in [6, 6.07) is 25.0. The van der Waals surface area contributed by atoms with Crippen molar-refractivity contribution in [3.05, 3.63) is 95.6 Å². The third-order valence-corrected chi connectivity index (χ3v) is 8.43. The fourth-order valence-electron chi connectivity index (χ4n) is 4.99. The summed E-state index contributed by atoms with van der Waals surface area (Å²) in [7, 11) is 0. The molecule has 236 valence electrons. The zero-order valence-corrected chi connectivity index (χ0v) is 26.0. The average molecular weight is 631 g/mol. The Morgan fingerprint density at radius 3 is 2.44 bits per heavy atom. The van der Waals surface area contributed by atoms with Crippen LogP contribution in [0.1, 0.15) is 68.1 Å². The molecule has 3 aromatic carbocycles.